The number of carbonyl (C=O) groups is 1. The van der Waals surface area contributed by atoms with Crippen molar-refractivity contribution in [3.05, 3.63) is 108 Å². The molecule has 128 valence electrons. The molecule has 5 rings (SSSR count). The smallest absolute Gasteiger partial charge is 0.214 e. The third-order valence-corrected chi connectivity index (χ3v) is 4.62. The van der Waals surface area contributed by atoms with Crippen LogP contribution in [0.3, 0.4) is 0 Å². The first-order valence-electron chi connectivity index (χ1n) is 8.75. The Bertz CT molecular complexity index is 1230. The molecule has 3 aromatic carbocycles. The quantitative estimate of drug-likeness (QED) is 0.477. The van der Waals surface area contributed by atoms with Crippen LogP contribution in [0.1, 0.15) is 16.1 Å². The van der Waals surface area contributed by atoms with E-state index in [-0.39, 0.29) is 5.78 Å². The molecule has 1 heterocycles. The minimum absolute atomic E-state index is 0.0449. The molecule has 0 atom stereocenters. The summed E-state index contributed by atoms with van der Waals surface area (Å²) in [6.45, 7) is 0. The van der Waals surface area contributed by atoms with E-state index in [1.54, 1.807) is 4.68 Å². The van der Waals surface area contributed by atoms with Crippen molar-refractivity contribution in [2.24, 2.45) is 4.99 Å². The summed E-state index contributed by atoms with van der Waals surface area (Å²) in [4.78, 5) is 17.6. The second-order valence-electron chi connectivity index (χ2n) is 6.33. The molecule has 4 nitrogen and oxygen atoms in total. The molecule has 0 spiro atoms. The van der Waals surface area contributed by atoms with Gasteiger partial charge in [0.25, 0.3) is 0 Å². The van der Waals surface area contributed by atoms with Crippen molar-refractivity contribution in [2.45, 2.75) is 0 Å². The van der Waals surface area contributed by atoms with Gasteiger partial charge in [-0.2, -0.15) is 5.10 Å². The molecule has 0 amide bonds. The molecule has 0 aliphatic heterocycles. The summed E-state index contributed by atoms with van der Waals surface area (Å²) >= 11 is 0. The number of ketones is 1. The van der Waals surface area contributed by atoms with Crippen LogP contribution in [0.25, 0.3) is 16.8 Å². The van der Waals surface area contributed by atoms with Crippen LogP contribution in [0.4, 0.5) is 5.69 Å². The average molecular weight is 349 g/mol. The molecule has 0 fully saturated rings. The van der Waals surface area contributed by atoms with Crippen molar-refractivity contribution in [1.82, 2.24) is 9.78 Å². The molecule has 0 saturated carbocycles. The first kappa shape index (κ1) is 15.5. The normalized spacial score (nSPS) is 12.7. The van der Waals surface area contributed by atoms with E-state index in [0.717, 1.165) is 22.5 Å². The Morgan fingerprint density at radius 3 is 2.07 bits per heavy atom. The largest absolute Gasteiger partial charge is 0.287 e. The lowest BCUT2D eigenvalue weighted by Crippen LogP contribution is -2.24. The molecule has 0 N–H and O–H groups in total. The zero-order valence-electron chi connectivity index (χ0n) is 14.4. The third-order valence-electron chi connectivity index (χ3n) is 4.62. The molecular formula is C23H15N3O. The summed E-state index contributed by atoms with van der Waals surface area (Å²) in [6, 6.07) is 29.1. The molecule has 1 aliphatic carbocycles. The predicted molar refractivity (Wildman–Crippen MR) is 104 cm³/mol. The van der Waals surface area contributed by atoms with Crippen LogP contribution in [-0.4, -0.2) is 15.6 Å². The monoisotopic (exact) mass is 349 g/mol. The van der Waals surface area contributed by atoms with E-state index in [4.69, 9.17) is 4.99 Å². The molecule has 1 aliphatic rings. The summed E-state index contributed by atoms with van der Waals surface area (Å²) < 4.78 is 1.73. The van der Waals surface area contributed by atoms with Crippen LogP contribution < -0.4 is 5.49 Å². The van der Waals surface area contributed by atoms with Gasteiger partial charge in [-0.05, 0) is 35.9 Å². The first-order chi connectivity index (χ1) is 13.3. The Balaban J connectivity index is 1.82. The van der Waals surface area contributed by atoms with Crippen LogP contribution >= 0.6 is 0 Å². The van der Waals surface area contributed by atoms with Gasteiger partial charge in [-0.1, -0.05) is 60.7 Å². The number of hydrogen-bond donors (Lipinski definition) is 0. The fourth-order valence-corrected chi connectivity index (χ4v) is 3.35. The van der Waals surface area contributed by atoms with Gasteiger partial charge in [0.2, 0.25) is 5.78 Å². The molecule has 4 aromatic rings. The van der Waals surface area contributed by atoms with E-state index in [2.05, 4.69) is 5.10 Å². The lowest BCUT2D eigenvalue weighted by atomic mass is 10.1. The summed E-state index contributed by atoms with van der Waals surface area (Å²) in [7, 11) is 0. The highest BCUT2D eigenvalue weighted by Crippen LogP contribution is 2.34. The van der Waals surface area contributed by atoms with E-state index in [1.165, 1.54) is 0 Å². The molecule has 0 bridgehead atoms. The van der Waals surface area contributed by atoms with Gasteiger partial charge in [-0.3, -0.25) is 4.79 Å². The summed E-state index contributed by atoms with van der Waals surface area (Å²) in [6.07, 6.45) is 0. The van der Waals surface area contributed by atoms with Crippen molar-refractivity contribution in [2.75, 3.05) is 0 Å². The zero-order valence-corrected chi connectivity index (χ0v) is 14.4. The second-order valence-corrected chi connectivity index (χ2v) is 6.33. The maximum Gasteiger partial charge on any atom is 0.214 e. The Hall–Kier alpha value is -3.79. The topological polar surface area (TPSA) is 47.2 Å². The second kappa shape index (κ2) is 6.18. The molecule has 1 aromatic heterocycles. The Labute approximate surface area is 156 Å². The fourth-order valence-electron chi connectivity index (χ4n) is 3.35. The van der Waals surface area contributed by atoms with E-state index in [9.17, 15) is 4.79 Å². The zero-order chi connectivity index (χ0) is 18.2. The van der Waals surface area contributed by atoms with E-state index < -0.39 is 0 Å². The molecule has 0 radical (unpaired) electrons. The maximum absolute atomic E-state index is 12.8. The number of fused-ring (bicyclic) bond motifs is 3. The fraction of sp³-hybridized carbons (Fsp3) is 0. The summed E-state index contributed by atoms with van der Waals surface area (Å²) in [5, 5.41) is 4.69. The van der Waals surface area contributed by atoms with E-state index in [1.807, 2.05) is 91.0 Å². The Morgan fingerprint density at radius 2 is 1.33 bits per heavy atom. The average Bonchev–Trinajstić information content (AvgIpc) is 3.01. The highest BCUT2D eigenvalue weighted by molar-refractivity contribution is 6.20. The molecule has 0 saturated heterocycles. The van der Waals surface area contributed by atoms with Crippen molar-refractivity contribution >= 4 is 11.5 Å². The highest BCUT2D eigenvalue weighted by Gasteiger charge is 2.29. The number of para-hydroxylation sites is 2. The standard InChI is InChI=1S/C23H15N3O/c27-23-19-14-8-7-13-18(19)20-15-21(24-16-9-3-1-4-10-16)26(25-22(20)23)17-11-5-2-6-12-17/h1-15H. The molecule has 27 heavy (non-hydrogen) atoms. The van der Waals surface area contributed by atoms with Gasteiger partial charge in [-0.25, -0.2) is 9.67 Å². The summed E-state index contributed by atoms with van der Waals surface area (Å²) in [5.74, 6) is -0.0449. The SMILES string of the molecule is O=C1c2ccccc2-c2cc(=Nc3ccccc3)n(-c3ccccc3)nc21. The van der Waals surface area contributed by atoms with Crippen LogP contribution in [0.5, 0.6) is 0 Å². The van der Waals surface area contributed by atoms with Crippen molar-refractivity contribution < 1.29 is 4.79 Å². The van der Waals surface area contributed by atoms with Gasteiger partial charge in [0, 0.05) is 11.1 Å². The lowest BCUT2D eigenvalue weighted by molar-refractivity contribution is 0.103. The molecular weight excluding hydrogens is 334 g/mol. The van der Waals surface area contributed by atoms with E-state index in [0.29, 0.717) is 16.7 Å². The number of carbonyl (C=O) groups excluding carboxylic acids is 1. The van der Waals surface area contributed by atoms with Gasteiger partial charge in [0.15, 0.2) is 5.49 Å². The first-order valence-corrected chi connectivity index (χ1v) is 8.75. The van der Waals surface area contributed by atoms with Gasteiger partial charge < -0.3 is 0 Å². The summed E-state index contributed by atoms with van der Waals surface area (Å²) in [5.41, 5.74) is 5.27. The minimum Gasteiger partial charge on any atom is -0.287 e. The Kier molecular flexibility index (Phi) is 3.54. The van der Waals surface area contributed by atoms with Crippen LogP contribution in [-0.2, 0) is 0 Å². The van der Waals surface area contributed by atoms with Crippen molar-refractivity contribution in [3.8, 4) is 16.8 Å². The van der Waals surface area contributed by atoms with Crippen LogP contribution in [0.15, 0.2) is 96.0 Å². The van der Waals surface area contributed by atoms with E-state index >= 15 is 0 Å². The van der Waals surface area contributed by atoms with Crippen LogP contribution in [0.2, 0.25) is 0 Å². The predicted octanol–water partition coefficient (Wildman–Crippen LogP) is 4.32. The maximum atomic E-state index is 12.8. The van der Waals surface area contributed by atoms with Crippen LogP contribution in [0, 0.1) is 0 Å². The number of rotatable bonds is 2. The van der Waals surface area contributed by atoms with Gasteiger partial charge in [-0.15, -0.1) is 0 Å². The Morgan fingerprint density at radius 1 is 0.704 bits per heavy atom. The number of benzene rings is 3. The van der Waals surface area contributed by atoms with Crippen molar-refractivity contribution in [3.63, 3.8) is 0 Å². The molecule has 4 heteroatoms. The number of hydrogen-bond acceptors (Lipinski definition) is 3. The molecule has 0 unspecified atom stereocenters. The lowest BCUT2D eigenvalue weighted by Gasteiger charge is -2.09. The number of nitrogens with zero attached hydrogens (tertiary/aromatic N) is 3. The number of aromatic nitrogens is 2. The van der Waals surface area contributed by atoms with Gasteiger partial charge in [0.05, 0.1) is 11.4 Å². The van der Waals surface area contributed by atoms with Gasteiger partial charge in [0.1, 0.15) is 5.69 Å². The van der Waals surface area contributed by atoms with Gasteiger partial charge >= 0.3 is 0 Å². The van der Waals surface area contributed by atoms with Crippen molar-refractivity contribution in [1.29, 1.82) is 0 Å². The highest BCUT2D eigenvalue weighted by atomic mass is 16.1. The third kappa shape index (κ3) is 2.59. The minimum atomic E-state index is -0.0449.